The molecule has 0 aliphatic heterocycles. The van der Waals surface area contributed by atoms with Gasteiger partial charge in [-0.2, -0.15) is 0 Å². The first-order valence-corrected chi connectivity index (χ1v) is 4.64. The fourth-order valence-electron chi connectivity index (χ4n) is 0.577. The molecule has 1 aromatic rings. The van der Waals surface area contributed by atoms with Crippen LogP contribution in [-0.2, 0) is 0 Å². The van der Waals surface area contributed by atoms with Crippen LogP contribution in [0, 0.1) is 0 Å². The van der Waals surface area contributed by atoms with Gasteiger partial charge in [0.25, 0.3) is 0 Å². The molecule has 0 aliphatic rings. The van der Waals surface area contributed by atoms with Crippen molar-refractivity contribution in [1.82, 2.24) is 4.98 Å². The Hall–Kier alpha value is -0.0900. The molecule has 1 rings (SSSR count). The van der Waals surface area contributed by atoms with Crippen molar-refractivity contribution < 1.29 is 0 Å². The van der Waals surface area contributed by atoms with Crippen LogP contribution in [0.4, 0.5) is 5.82 Å². The third kappa shape index (κ3) is 1.49. The summed E-state index contributed by atoms with van der Waals surface area (Å²) in [6.45, 7) is 4.20. The van der Waals surface area contributed by atoms with Gasteiger partial charge in [-0.1, -0.05) is 13.8 Å². The SMILES string of the molecule is CC(C)c1nc(N)c(Br)s1. The zero-order valence-electron chi connectivity index (χ0n) is 5.89. The summed E-state index contributed by atoms with van der Waals surface area (Å²) >= 11 is 4.92. The first-order valence-electron chi connectivity index (χ1n) is 3.03. The lowest BCUT2D eigenvalue weighted by atomic mass is 10.2. The summed E-state index contributed by atoms with van der Waals surface area (Å²) in [5.74, 6) is 1.08. The molecule has 0 aromatic carbocycles. The third-order valence-electron chi connectivity index (χ3n) is 1.12. The van der Waals surface area contributed by atoms with Gasteiger partial charge in [0.1, 0.15) is 9.60 Å². The maximum atomic E-state index is 5.53. The smallest absolute Gasteiger partial charge is 0.149 e. The van der Waals surface area contributed by atoms with E-state index in [0.717, 1.165) is 8.79 Å². The van der Waals surface area contributed by atoms with E-state index in [4.69, 9.17) is 5.73 Å². The highest BCUT2D eigenvalue weighted by Gasteiger charge is 2.07. The van der Waals surface area contributed by atoms with Crippen LogP contribution in [0.15, 0.2) is 3.79 Å². The molecule has 4 heteroatoms. The third-order valence-corrected chi connectivity index (χ3v) is 3.17. The van der Waals surface area contributed by atoms with Gasteiger partial charge in [0.2, 0.25) is 0 Å². The summed E-state index contributed by atoms with van der Waals surface area (Å²) in [6, 6.07) is 0. The number of rotatable bonds is 1. The predicted octanol–water partition coefficient (Wildman–Crippen LogP) is 2.61. The van der Waals surface area contributed by atoms with E-state index in [1.807, 2.05) is 0 Å². The Morgan fingerprint density at radius 1 is 1.60 bits per heavy atom. The van der Waals surface area contributed by atoms with Gasteiger partial charge in [0.15, 0.2) is 0 Å². The highest BCUT2D eigenvalue weighted by molar-refractivity contribution is 9.11. The molecule has 10 heavy (non-hydrogen) atoms. The minimum absolute atomic E-state index is 0.471. The van der Waals surface area contributed by atoms with Crippen LogP contribution in [0.25, 0.3) is 0 Å². The highest BCUT2D eigenvalue weighted by atomic mass is 79.9. The van der Waals surface area contributed by atoms with E-state index in [0.29, 0.717) is 11.7 Å². The van der Waals surface area contributed by atoms with Crippen LogP contribution >= 0.6 is 27.3 Å². The Balaban J connectivity index is 2.98. The Morgan fingerprint density at radius 3 is 2.40 bits per heavy atom. The van der Waals surface area contributed by atoms with Crippen molar-refractivity contribution in [2.24, 2.45) is 0 Å². The van der Waals surface area contributed by atoms with Gasteiger partial charge in [-0.05, 0) is 15.9 Å². The van der Waals surface area contributed by atoms with E-state index in [1.54, 1.807) is 11.3 Å². The minimum atomic E-state index is 0.471. The molecule has 0 aliphatic carbocycles. The fourth-order valence-corrected chi connectivity index (χ4v) is 1.88. The molecule has 2 N–H and O–H groups in total. The van der Waals surface area contributed by atoms with E-state index in [-0.39, 0.29) is 0 Å². The molecule has 0 unspecified atom stereocenters. The second kappa shape index (κ2) is 2.88. The monoisotopic (exact) mass is 220 g/mol. The molecule has 2 nitrogen and oxygen atoms in total. The molecule has 0 atom stereocenters. The molecular weight excluding hydrogens is 212 g/mol. The summed E-state index contributed by atoms with van der Waals surface area (Å²) in [7, 11) is 0. The first-order chi connectivity index (χ1) is 4.61. The number of nitrogen functional groups attached to an aromatic ring is 1. The first kappa shape index (κ1) is 8.01. The second-order valence-electron chi connectivity index (χ2n) is 2.37. The zero-order valence-corrected chi connectivity index (χ0v) is 8.29. The van der Waals surface area contributed by atoms with Gasteiger partial charge in [-0.3, -0.25) is 0 Å². The van der Waals surface area contributed by atoms with Crippen LogP contribution in [-0.4, -0.2) is 4.98 Å². The Morgan fingerprint density at radius 2 is 2.20 bits per heavy atom. The van der Waals surface area contributed by atoms with Crippen LogP contribution < -0.4 is 5.73 Å². The molecule has 0 radical (unpaired) electrons. The van der Waals surface area contributed by atoms with Gasteiger partial charge in [0.05, 0.1) is 5.01 Å². The number of anilines is 1. The van der Waals surface area contributed by atoms with E-state index >= 15 is 0 Å². The van der Waals surface area contributed by atoms with Crippen LogP contribution in [0.5, 0.6) is 0 Å². The normalized spacial score (nSPS) is 10.8. The van der Waals surface area contributed by atoms with Crippen molar-refractivity contribution >= 4 is 33.1 Å². The quantitative estimate of drug-likeness (QED) is 0.791. The Kier molecular flexibility index (Phi) is 2.31. The molecule has 0 fully saturated rings. The number of hydrogen-bond donors (Lipinski definition) is 1. The van der Waals surface area contributed by atoms with Crippen molar-refractivity contribution in [2.45, 2.75) is 19.8 Å². The van der Waals surface area contributed by atoms with E-state index in [2.05, 4.69) is 34.8 Å². The maximum absolute atomic E-state index is 5.53. The lowest BCUT2D eigenvalue weighted by Crippen LogP contribution is -1.88. The summed E-state index contributed by atoms with van der Waals surface area (Å²) in [4.78, 5) is 4.16. The van der Waals surface area contributed by atoms with E-state index in [9.17, 15) is 0 Å². The summed E-state index contributed by atoms with van der Waals surface area (Å²) < 4.78 is 0.941. The minimum Gasteiger partial charge on any atom is -0.382 e. The molecule has 0 spiro atoms. The Labute approximate surface area is 72.6 Å². The van der Waals surface area contributed by atoms with Gasteiger partial charge >= 0.3 is 0 Å². The molecule has 0 saturated heterocycles. The Bertz CT molecular complexity index is 212. The summed E-state index contributed by atoms with van der Waals surface area (Å²) in [6.07, 6.45) is 0. The number of hydrogen-bond acceptors (Lipinski definition) is 3. The van der Waals surface area contributed by atoms with Gasteiger partial charge < -0.3 is 5.73 Å². The highest BCUT2D eigenvalue weighted by Crippen LogP contribution is 2.30. The van der Waals surface area contributed by atoms with Crippen LogP contribution in [0.1, 0.15) is 24.8 Å². The summed E-state index contributed by atoms with van der Waals surface area (Å²) in [5, 5.41) is 1.09. The zero-order chi connectivity index (χ0) is 7.72. The van der Waals surface area contributed by atoms with Gasteiger partial charge in [0, 0.05) is 5.92 Å². The van der Waals surface area contributed by atoms with Crippen molar-refractivity contribution in [3.8, 4) is 0 Å². The molecule has 0 bridgehead atoms. The molecule has 1 heterocycles. The molecule has 56 valence electrons. The van der Waals surface area contributed by atoms with Crippen molar-refractivity contribution in [2.75, 3.05) is 5.73 Å². The fraction of sp³-hybridized carbons (Fsp3) is 0.500. The van der Waals surface area contributed by atoms with E-state index in [1.165, 1.54) is 0 Å². The number of aromatic nitrogens is 1. The predicted molar refractivity (Wildman–Crippen MR) is 48.3 cm³/mol. The molecular formula is C6H9BrN2S. The van der Waals surface area contributed by atoms with E-state index < -0.39 is 0 Å². The van der Waals surface area contributed by atoms with Gasteiger partial charge in [-0.25, -0.2) is 4.98 Å². The van der Waals surface area contributed by atoms with Crippen LogP contribution in [0.3, 0.4) is 0 Å². The number of nitrogens with two attached hydrogens (primary N) is 1. The topological polar surface area (TPSA) is 38.9 Å². The number of thiazole rings is 1. The number of halogens is 1. The molecule has 0 saturated carbocycles. The van der Waals surface area contributed by atoms with Gasteiger partial charge in [-0.15, -0.1) is 11.3 Å². The average Bonchev–Trinajstić information content (AvgIpc) is 2.13. The van der Waals surface area contributed by atoms with Crippen molar-refractivity contribution in [3.05, 3.63) is 8.79 Å². The average molecular weight is 221 g/mol. The number of nitrogens with zero attached hydrogens (tertiary/aromatic N) is 1. The largest absolute Gasteiger partial charge is 0.382 e. The standard InChI is InChI=1S/C6H9BrN2S/c1-3(2)6-9-5(8)4(7)10-6/h3H,8H2,1-2H3. The van der Waals surface area contributed by atoms with Crippen molar-refractivity contribution in [3.63, 3.8) is 0 Å². The lowest BCUT2D eigenvalue weighted by Gasteiger charge is -1.94. The van der Waals surface area contributed by atoms with Crippen LogP contribution in [0.2, 0.25) is 0 Å². The second-order valence-corrected chi connectivity index (χ2v) is 4.71. The molecule has 1 aromatic heterocycles. The lowest BCUT2D eigenvalue weighted by molar-refractivity contribution is 0.854. The molecule has 0 amide bonds. The maximum Gasteiger partial charge on any atom is 0.149 e. The van der Waals surface area contributed by atoms with Crippen molar-refractivity contribution in [1.29, 1.82) is 0 Å². The summed E-state index contributed by atoms with van der Waals surface area (Å²) in [5.41, 5.74) is 5.53.